The van der Waals surface area contributed by atoms with Crippen LogP contribution in [0.5, 0.6) is 0 Å². The standard InChI is InChI=1S/C18H20FN5/c1-11-7-16(20-9-15(11)19)22-17-8-12-5-6-24(2)10-14(12)18(23-17)21-13-3-4-13/h5-9,13H,3-4,10H2,1-2H3,(H2,20,21,22,23). The molecule has 6 heteroatoms. The van der Waals surface area contributed by atoms with Crippen LogP contribution in [0.25, 0.3) is 6.08 Å². The number of aromatic nitrogens is 2. The molecule has 2 aromatic heterocycles. The molecule has 0 atom stereocenters. The lowest BCUT2D eigenvalue weighted by Crippen LogP contribution is -2.18. The van der Waals surface area contributed by atoms with Gasteiger partial charge in [-0.3, -0.25) is 0 Å². The molecule has 24 heavy (non-hydrogen) atoms. The Balaban J connectivity index is 1.68. The minimum Gasteiger partial charge on any atom is -0.376 e. The SMILES string of the molecule is Cc1cc(Nc2cc3c(c(NC4CC4)n2)CN(C)C=C3)ncc1F. The molecule has 0 aromatic carbocycles. The second kappa shape index (κ2) is 5.78. The van der Waals surface area contributed by atoms with Crippen LogP contribution >= 0.6 is 0 Å². The van der Waals surface area contributed by atoms with Gasteiger partial charge in [0.25, 0.3) is 0 Å². The molecular formula is C18H20FN5. The van der Waals surface area contributed by atoms with E-state index < -0.39 is 0 Å². The summed E-state index contributed by atoms with van der Waals surface area (Å²) in [7, 11) is 2.05. The molecular weight excluding hydrogens is 305 g/mol. The zero-order chi connectivity index (χ0) is 16.7. The summed E-state index contributed by atoms with van der Waals surface area (Å²) in [4.78, 5) is 11.0. The van der Waals surface area contributed by atoms with Crippen LogP contribution in [0.1, 0.15) is 29.5 Å². The van der Waals surface area contributed by atoms with E-state index in [4.69, 9.17) is 4.98 Å². The monoisotopic (exact) mass is 325 g/mol. The third kappa shape index (κ3) is 3.04. The summed E-state index contributed by atoms with van der Waals surface area (Å²) in [5.41, 5.74) is 2.91. The van der Waals surface area contributed by atoms with Crippen molar-refractivity contribution < 1.29 is 4.39 Å². The Hall–Kier alpha value is -2.63. The molecule has 0 amide bonds. The molecule has 0 saturated heterocycles. The van der Waals surface area contributed by atoms with Gasteiger partial charge in [-0.2, -0.15) is 0 Å². The van der Waals surface area contributed by atoms with E-state index in [1.54, 1.807) is 13.0 Å². The van der Waals surface area contributed by atoms with E-state index in [2.05, 4.69) is 39.8 Å². The van der Waals surface area contributed by atoms with Gasteiger partial charge < -0.3 is 15.5 Å². The molecule has 2 N–H and O–H groups in total. The van der Waals surface area contributed by atoms with Gasteiger partial charge in [-0.05, 0) is 55.3 Å². The molecule has 2 aromatic rings. The first-order valence-corrected chi connectivity index (χ1v) is 8.16. The molecule has 1 fully saturated rings. The first kappa shape index (κ1) is 14.9. The molecule has 3 heterocycles. The van der Waals surface area contributed by atoms with E-state index in [0.29, 0.717) is 23.2 Å². The first-order valence-electron chi connectivity index (χ1n) is 8.16. The number of nitrogens with one attached hydrogen (secondary N) is 2. The number of anilines is 3. The van der Waals surface area contributed by atoms with E-state index in [1.807, 2.05) is 6.07 Å². The summed E-state index contributed by atoms with van der Waals surface area (Å²) in [6.45, 7) is 2.56. The second-order valence-electron chi connectivity index (χ2n) is 6.52. The highest BCUT2D eigenvalue weighted by molar-refractivity contribution is 5.69. The van der Waals surface area contributed by atoms with Gasteiger partial charge in [-0.25, -0.2) is 14.4 Å². The Bertz CT molecular complexity index is 813. The molecule has 0 unspecified atom stereocenters. The summed E-state index contributed by atoms with van der Waals surface area (Å²) >= 11 is 0. The Labute approximate surface area is 140 Å². The van der Waals surface area contributed by atoms with Crippen LogP contribution in [0, 0.1) is 12.7 Å². The molecule has 0 radical (unpaired) electrons. The minimum atomic E-state index is -0.305. The Morgan fingerprint density at radius 2 is 2.08 bits per heavy atom. The number of halogens is 1. The van der Waals surface area contributed by atoms with Crippen molar-refractivity contribution in [2.45, 2.75) is 32.4 Å². The predicted molar refractivity (Wildman–Crippen MR) is 93.6 cm³/mol. The lowest BCUT2D eigenvalue weighted by molar-refractivity contribution is 0.448. The fourth-order valence-corrected chi connectivity index (χ4v) is 2.76. The van der Waals surface area contributed by atoms with Crippen molar-refractivity contribution in [1.82, 2.24) is 14.9 Å². The molecule has 124 valence electrons. The summed E-state index contributed by atoms with van der Waals surface area (Å²) in [6.07, 6.45) is 7.77. The number of hydrogen-bond donors (Lipinski definition) is 2. The number of rotatable bonds is 4. The first-order chi connectivity index (χ1) is 11.6. The van der Waals surface area contributed by atoms with E-state index in [1.165, 1.54) is 24.6 Å². The maximum absolute atomic E-state index is 13.4. The van der Waals surface area contributed by atoms with Gasteiger partial charge >= 0.3 is 0 Å². The summed E-state index contributed by atoms with van der Waals surface area (Å²) < 4.78 is 13.4. The van der Waals surface area contributed by atoms with Crippen LogP contribution in [-0.4, -0.2) is 28.0 Å². The molecule has 1 aliphatic carbocycles. The van der Waals surface area contributed by atoms with Crippen LogP contribution in [0.3, 0.4) is 0 Å². The minimum absolute atomic E-state index is 0.305. The topological polar surface area (TPSA) is 53.1 Å². The number of fused-ring (bicyclic) bond motifs is 1. The maximum Gasteiger partial charge on any atom is 0.144 e. The third-order valence-electron chi connectivity index (χ3n) is 4.30. The third-order valence-corrected chi connectivity index (χ3v) is 4.30. The van der Waals surface area contributed by atoms with Gasteiger partial charge in [0.15, 0.2) is 0 Å². The van der Waals surface area contributed by atoms with E-state index in [9.17, 15) is 4.39 Å². The van der Waals surface area contributed by atoms with E-state index >= 15 is 0 Å². The largest absolute Gasteiger partial charge is 0.376 e. The van der Waals surface area contributed by atoms with Gasteiger partial charge in [0.05, 0.1) is 6.20 Å². The van der Waals surface area contributed by atoms with Crippen molar-refractivity contribution in [2.75, 3.05) is 17.7 Å². The van der Waals surface area contributed by atoms with Crippen molar-refractivity contribution >= 4 is 23.5 Å². The predicted octanol–water partition coefficient (Wildman–Crippen LogP) is 3.66. The summed E-state index contributed by atoms with van der Waals surface area (Å²) in [5.74, 6) is 1.92. The van der Waals surface area contributed by atoms with Crippen molar-refractivity contribution in [3.8, 4) is 0 Å². The average molecular weight is 325 g/mol. The molecule has 0 spiro atoms. The number of pyridine rings is 2. The second-order valence-corrected chi connectivity index (χ2v) is 6.52. The molecule has 1 saturated carbocycles. The summed E-state index contributed by atoms with van der Waals surface area (Å²) in [6, 6.07) is 4.23. The van der Waals surface area contributed by atoms with Gasteiger partial charge in [0.1, 0.15) is 23.3 Å². The smallest absolute Gasteiger partial charge is 0.144 e. The van der Waals surface area contributed by atoms with Crippen LogP contribution in [-0.2, 0) is 6.54 Å². The molecule has 1 aliphatic heterocycles. The number of hydrogen-bond acceptors (Lipinski definition) is 5. The van der Waals surface area contributed by atoms with Crippen molar-refractivity contribution in [1.29, 1.82) is 0 Å². The molecule has 0 bridgehead atoms. The highest BCUT2D eigenvalue weighted by atomic mass is 19.1. The molecule has 2 aliphatic rings. The van der Waals surface area contributed by atoms with E-state index in [-0.39, 0.29) is 5.82 Å². The van der Waals surface area contributed by atoms with Gasteiger partial charge in [-0.1, -0.05) is 0 Å². The quantitative estimate of drug-likeness (QED) is 0.898. The maximum atomic E-state index is 13.4. The van der Waals surface area contributed by atoms with E-state index in [0.717, 1.165) is 17.9 Å². The fourth-order valence-electron chi connectivity index (χ4n) is 2.76. The summed E-state index contributed by atoms with van der Waals surface area (Å²) in [5, 5.41) is 6.71. The molecule has 5 nitrogen and oxygen atoms in total. The Morgan fingerprint density at radius 3 is 2.83 bits per heavy atom. The number of nitrogens with zero attached hydrogens (tertiary/aromatic N) is 3. The normalized spacial score (nSPS) is 16.0. The highest BCUT2D eigenvalue weighted by Crippen LogP contribution is 2.32. The average Bonchev–Trinajstić information content (AvgIpc) is 3.36. The van der Waals surface area contributed by atoms with Crippen LogP contribution in [0.15, 0.2) is 24.5 Å². The van der Waals surface area contributed by atoms with Crippen LogP contribution < -0.4 is 10.6 Å². The van der Waals surface area contributed by atoms with Gasteiger partial charge in [-0.15, -0.1) is 0 Å². The van der Waals surface area contributed by atoms with Gasteiger partial charge in [0.2, 0.25) is 0 Å². The lowest BCUT2D eigenvalue weighted by atomic mass is 10.1. The van der Waals surface area contributed by atoms with Crippen molar-refractivity contribution in [2.24, 2.45) is 0 Å². The van der Waals surface area contributed by atoms with Crippen molar-refractivity contribution in [3.63, 3.8) is 0 Å². The zero-order valence-corrected chi connectivity index (χ0v) is 13.8. The van der Waals surface area contributed by atoms with Crippen LogP contribution in [0.2, 0.25) is 0 Å². The molecule has 4 rings (SSSR count). The number of aryl methyl sites for hydroxylation is 1. The zero-order valence-electron chi connectivity index (χ0n) is 13.8. The van der Waals surface area contributed by atoms with Crippen LogP contribution in [0.4, 0.5) is 21.8 Å². The Morgan fingerprint density at radius 1 is 1.25 bits per heavy atom. The highest BCUT2D eigenvalue weighted by Gasteiger charge is 2.24. The van der Waals surface area contributed by atoms with Gasteiger partial charge in [0, 0.05) is 25.2 Å². The lowest BCUT2D eigenvalue weighted by Gasteiger charge is -2.24. The fraction of sp³-hybridized carbons (Fsp3) is 0.333. The Kier molecular flexibility index (Phi) is 3.59. The van der Waals surface area contributed by atoms with Crippen molar-refractivity contribution in [3.05, 3.63) is 47.0 Å².